The number of fused-ring (bicyclic) bond motifs is 1. The smallest absolute Gasteiger partial charge is 0.229 e. The molecule has 0 radical (unpaired) electrons. The SMILES string of the molecule is CCc1cc2c(N3CCCC(C(=O)Nc4ccc(Cl)cc4C)C3)ncnc2s1. The van der Waals surface area contributed by atoms with Crippen molar-refractivity contribution in [1.82, 2.24) is 9.97 Å². The number of rotatable bonds is 4. The number of nitrogens with one attached hydrogen (secondary N) is 1. The summed E-state index contributed by atoms with van der Waals surface area (Å²) >= 11 is 7.74. The number of benzene rings is 1. The van der Waals surface area contributed by atoms with E-state index >= 15 is 0 Å². The highest BCUT2D eigenvalue weighted by molar-refractivity contribution is 7.18. The maximum atomic E-state index is 12.9. The van der Waals surface area contributed by atoms with Gasteiger partial charge in [-0.1, -0.05) is 18.5 Å². The fourth-order valence-corrected chi connectivity index (χ4v) is 4.86. The molecule has 0 spiro atoms. The highest BCUT2D eigenvalue weighted by atomic mass is 35.5. The van der Waals surface area contributed by atoms with Crippen LogP contribution < -0.4 is 10.2 Å². The van der Waals surface area contributed by atoms with Gasteiger partial charge in [0.15, 0.2) is 0 Å². The highest BCUT2D eigenvalue weighted by Gasteiger charge is 2.28. The van der Waals surface area contributed by atoms with Crippen molar-refractivity contribution in [2.24, 2.45) is 5.92 Å². The molecule has 1 amide bonds. The lowest BCUT2D eigenvalue weighted by Gasteiger charge is -2.33. The summed E-state index contributed by atoms with van der Waals surface area (Å²) in [5, 5.41) is 4.85. The van der Waals surface area contributed by atoms with Crippen LogP contribution in [0.25, 0.3) is 10.2 Å². The van der Waals surface area contributed by atoms with Crippen LogP contribution in [-0.2, 0) is 11.2 Å². The third kappa shape index (κ3) is 3.84. The van der Waals surface area contributed by atoms with E-state index < -0.39 is 0 Å². The van der Waals surface area contributed by atoms with E-state index in [-0.39, 0.29) is 11.8 Å². The summed E-state index contributed by atoms with van der Waals surface area (Å²) < 4.78 is 0. The van der Waals surface area contributed by atoms with Gasteiger partial charge in [-0.3, -0.25) is 4.79 Å². The van der Waals surface area contributed by atoms with Gasteiger partial charge in [-0.2, -0.15) is 0 Å². The number of halogens is 1. The summed E-state index contributed by atoms with van der Waals surface area (Å²) in [6.07, 6.45) is 4.47. The highest BCUT2D eigenvalue weighted by Crippen LogP contribution is 2.33. The molecule has 1 atom stereocenters. The second-order valence-electron chi connectivity index (χ2n) is 7.22. The number of piperidine rings is 1. The first-order chi connectivity index (χ1) is 13.5. The van der Waals surface area contributed by atoms with Crippen LogP contribution in [0.2, 0.25) is 5.02 Å². The van der Waals surface area contributed by atoms with Crippen molar-refractivity contribution in [1.29, 1.82) is 0 Å². The van der Waals surface area contributed by atoms with Crippen LogP contribution in [0.5, 0.6) is 0 Å². The molecule has 1 unspecified atom stereocenters. The number of carbonyl (C=O) groups excluding carboxylic acids is 1. The normalized spacial score (nSPS) is 17.1. The molecule has 2 aromatic heterocycles. The van der Waals surface area contributed by atoms with E-state index in [1.165, 1.54) is 4.88 Å². The second-order valence-corrected chi connectivity index (χ2v) is 8.77. The van der Waals surface area contributed by atoms with E-state index in [1.54, 1.807) is 23.7 Å². The van der Waals surface area contributed by atoms with Gasteiger partial charge >= 0.3 is 0 Å². The van der Waals surface area contributed by atoms with Crippen molar-refractivity contribution >= 4 is 50.6 Å². The molecule has 1 aromatic carbocycles. The van der Waals surface area contributed by atoms with E-state index in [0.717, 1.165) is 53.1 Å². The van der Waals surface area contributed by atoms with Crippen LogP contribution in [0, 0.1) is 12.8 Å². The molecule has 7 heteroatoms. The molecule has 4 rings (SSSR count). The first kappa shape index (κ1) is 19.2. The first-order valence-corrected chi connectivity index (χ1v) is 10.8. The van der Waals surface area contributed by atoms with Crippen molar-refractivity contribution in [3.05, 3.63) is 46.1 Å². The van der Waals surface area contributed by atoms with Gasteiger partial charge in [-0.25, -0.2) is 9.97 Å². The Bertz CT molecular complexity index is 1020. The first-order valence-electron chi connectivity index (χ1n) is 9.60. The maximum Gasteiger partial charge on any atom is 0.229 e. The molecular weight excluding hydrogens is 392 g/mol. The molecule has 0 aliphatic carbocycles. The molecule has 1 aliphatic rings. The zero-order valence-corrected chi connectivity index (χ0v) is 17.6. The Hall–Kier alpha value is -2.18. The van der Waals surface area contributed by atoms with E-state index in [9.17, 15) is 4.79 Å². The molecule has 28 heavy (non-hydrogen) atoms. The summed E-state index contributed by atoms with van der Waals surface area (Å²) in [5.41, 5.74) is 1.79. The molecule has 1 aliphatic heterocycles. The molecule has 146 valence electrons. The quantitative estimate of drug-likeness (QED) is 0.647. The third-order valence-corrected chi connectivity index (χ3v) is 6.67. The third-order valence-electron chi connectivity index (χ3n) is 5.25. The molecule has 0 bridgehead atoms. The van der Waals surface area contributed by atoms with Crippen molar-refractivity contribution in [3.63, 3.8) is 0 Å². The number of aryl methyl sites for hydroxylation is 2. The Kier molecular flexibility index (Phi) is 5.51. The van der Waals surface area contributed by atoms with E-state index in [2.05, 4.69) is 33.2 Å². The number of anilines is 2. The van der Waals surface area contributed by atoms with Gasteiger partial charge < -0.3 is 10.2 Å². The molecule has 1 saturated heterocycles. The molecular formula is C21H23ClN4OS. The predicted octanol–water partition coefficient (Wildman–Crippen LogP) is 5.07. The Morgan fingerprint density at radius 3 is 3.00 bits per heavy atom. The Morgan fingerprint density at radius 1 is 1.36 bits per heavy atom. The molecule has 5 nitrogen and oxygen atoms in total. The Balaban J connectivity index is 1.53. The van der Waals surface area contributed by atoms with Gasteiger partial charge in [0.2, 0.25) is 5.91 Å². The molecule has 3 heterocycles. The van der Waals surface area contributed by atoms with Crippen LogP contribution >= 0.6 is 22.9 Å². The van der Waals surface area contributed by atoms with Crippen LogP contribution in [0.15, 0.2) is 30.6 Å². The van der Waals surface area contributed by atoms with Crippen molar-refractivity contribution in [2.75, 3.05) is 23.3 Å². The van der Waals surface area contributed by atoms with Crippen LogP contribution in [-0.4, -0.2) is 29.0 Å². The minimum atomic E-state index is -0.0712. The molecule has 1 N–H and O–H groups in total. The Labute approximate surface area is 173 Å². The van der Waals surface area contributed by atoms with E-state index in [0.29, 0.717) is 11.6 Å². The van der Waals surface area contributed by atoms with E-state index in [1.807, 2.05) is 19.1 Å². The van der Waals surface area contributed by atoms with Crippen molar-refractivity contribution < 1.29 is 4.79 Å². The van der Waals surface area contributed by atoms with Crippen LogP contribution in [0.1, 0.15) is 30.2 Å². The number of aromatic nitrogens is 2. The predicted molar refractivity (Wildman–Crippen MR) is 117 cm³/mol. The van der Waals surface area contributed by atoms with Gasteiger partial charge in [-0.05, 0) is 56.0 Å². The molecule has 0 saturated carbocycles. The standard InChI is InChI=1S/C21H23ClN4OS/c1-3-16-10-17-19(23-12-24-21(17)28-16)26-8-4-5-14(11-26)20(27)25-18-7-6-15(22)9-13(18)2/h6-7,9-10,12,14H,3-5,8,11H2,1-2H3,(H,25,27). The summed E-state index contributed by atoms with van der Waals surface area (Å²) in [6, 6.07) is 7.72. The van der Waals surface area contributed by atoms with Crippen LogP contribution in [0.4, 0.5) is 11.5 Å². The topological polar surface area (TPSA) is 58.1 Å². The molecule has 3 aromatic rings. The molecule has 1 fully saturated rings. The lowest BCUT2D eigenvalue weighted by molar-refractivity contribution is -0.120. The summed E-state index contributed by atoms with van der Waals surface area (Å²) in [5.74, 6) is 0.930. The van der Waals surface area contributed by atoms with Gasteiger partial charge in [0.05, 0.1) is 11.3 Å². The monoisotopic (exact) mass is 414 g/mol. The minimum absolute atomic E-state index is 0.0555. The fourth-order valence-electron chi connectivity index (χ4n) is 3.70. The largest absolute Gasteiger partial charge is 0.355 e. The average molecular weight is 415 g/mol. The number of hydrogen-bond donors (Lipinski definition) is 1. The number of nitrogens with zero attached hydrogens (tertiary/aromatic N) is 3. The summed E-state index contributed by atoms with van der Waals surface area (Å²) in [7, 11) is 0. The van der Waals surface area contributed by atoms with Crippen molar-refractivity contribution in [2.45, 2.75) is 33.1 Å². The lowest BCUT2D eigenvalue weighted by atomic mass is 9.96. The van der Waals surface area contributed by atoms with Gasteiger partial charge in [0, 0.05) is 28.7 Å². The average Bonchev–Trinajstić information content (AvgIpc) is 3.13. The van der Waals surface area contributed by atoms with Crippen molar-refractivity contribution in [3.8, 4) is 0 Å². The number of thiophene rings is 1. The zero-order chi connectivity index (χ0) is 19.7. The fraction of sp³-hybridized carbons (Fsp3) is 0.381. The van der Waals surface area contributed by atoms with Gasteiger partial charge in [-0.15, -0.1) is 11.3 Å². The summed E-state index contributed by atoms with van der Waals surface area (Å²) in [6.45, 7) is 5.68. The van der Waals surface area contributed by atoms with Gasteiger partial charge in [0.1, 0.15) is 17.0 Å². The minimum Gasteiger partial charge on any atom is -0.355 e. The Morgan fingerprint density at radius 2 is 2.21 bits per heavy atom. The number of hydrogen-bond acceptors (Lipinski definition) is 5. The number of carbonyl (C=O) groups is 1. The second kappa shape index (κ2) is 8.05. The van der Waals surface area contributed by atoms with E-state index in [4.69, 9.17) is 11.6 Å². The van der Waals surface area contributed by atoms with Crippen LogP contribution in [0.3, 0.4) is 0 Å². The summed E-state index contributed by atoms with van der Waals surface area (Å²) in [4.78, 5) is 26.4. The number of amides is 1. The maximum absolute atomic E-state index is 12.9. The lowest BCUT2D eigenvalue weighted by Crippen LogP contribution is -2.41. The van der Waals surface area contributed by atoms with Gasteiger partial charge in [0.25, 0.3) is 0 Å². The zero-order valence-electron chi connectivity index (χ0n) is 16.0.